The SMILES string of the molecule is CCN(CC)CCc1ccc2c(=O)cc(CCc3cccc(F)c3F)n(CC(=O)[O-])c2c1.[Na+]. The first kappa shape index (κ1) is 27.2. The molecule has 0 aliphatic heterocycles. The van der Waals surface area contributed by atoms with Gasteiger partial charge in [-0.15, -0.1) is 0 Å². The topological polar surface area (TPSA) is 65.4 Å². The smallest absolute Gasteiger partial charge is 0.548 e. The third kappa shape index (κ3) is 6.73. The van der Waals surface area contributed by atoms with E-state index in [4.69, 9.17) is 0 Å². The Morgan fingerprint density at radius 2 is 1.76 bits per heavy atom. The molecular formula is C25H27F2N2NaO3. The van der Waals surface area contributed by atoms with Gasteiger partial charge in [0.2, 0.25) is 0 Å². The molecule has 170 valence electrons. The van der Waals surface area contributed by atoms with Crippen molar-refractivity contribution in [2.45, 2.75) is 39.7 Å². The van der Waals surface area contributed by atoms with Crippen molar-refractivity contribution in [3.05, 3.63) is 81.1 Å². The fourth-order valence-corrected chi connectivity index (χ4v) is 3.98. The molecule has 0 spiro atoms. The van der Waals surface area contributed by atoms with Crippen molar-refractivity contribution < 1.29 is 48.2 Å². The Morgan fingerprint density at radius 3 is 2.42 bits per heavy atom. The van der Waals surface area contributed by atoms with Crippen molar-refractivity contribution in [2.24, 2.45) is 0 Å². The van der Waals surface area contributed by atoms with Gasteiger partial charge in [-0.1, -0.05) is 32.0 Å². The second-order valence-corrected chi connectivity index (χ2v) is 7.80. The summed E-state index contributed by atoms with van der Waals surface area (Å²) in [5.74, 6) is -3.16. The Bertz CT molecular complexity index is 1180. The van der Waals surface area contributed by atoms with Crippen molar-refractivity contribution >= 4 is 16.9 Å². The predicted molar refractivity (Wildman–Crippen MR) is 118 cm³/mol. The second kappa shape index (κ2) is 12.4. The number of rotatable bonds is 10. The fraction of sp³-hybridized carbons (Fsp3) is 0.360. The molecule has 0 N–H and O–H groups in total. The number of carboxylic acid groups (broad SMARTS) is 1. The van der Waals surface area contributed by atoms with Gasteiger partial charge in [0.15, 0.2) is 17.1 Å². The first-order valence-corrected chi connectivity index (χ1v) is 10.8. The predicted octanol–water partition coefficient (Wildman–Crippen LogP) is -0.297. The number of nitrogens with zero attached hydrogens (tertiary/aromatic N) is 2. The number of hydrogen-bond donors (Lipinski definition) is 0. The zero-order chi connectivity index (χ0) is 23.3. The normalized spacial score (nSPS) is 11.1. The maximum absolute atomic E-state index is 14.1. The summed E-state index contributed by atoms with van der Waals surface area (Å²) in [5.41, 5.74) is 1.87. The van der Waals surface area contributed by atoms with Crippen LogP contribution in [-0.4, -0.2) is 35.1 Å². The van der Waals surface area contributed by atoms with E-state index in [1.807, 2.05) is 12.1 Å². The molecule has 0 radical (unpaired) electrons. The van der Waals surface area contributed by atoms with Crippen molar-refractivity contribution in [1.82, 2.24) is 9.47 Å². The van der Waals surface area contributed by atoms with E-state index in [9.17, 15) is 23.5 Å². The van der Waals surface area contributed by atoms with Gasteiger partial charge in [-0.3, -0.25) is 4.79 Å². The van der Waals surface area contributed by atoms with Crippen LogP contribution in [0.25, 0.3) is 10.9 Å². The van der Waals surface area contributed by atoms with Crippen LogP contribution in [0.5, 0.6) is 0 Å². The number of hydrogen-bond acceptors (Lipinski definition) is 4. The molecule has 0 fully saturated rings. The summed E-state index contributed by atoms with van der Waals surface area (Å²) in [5, 5.41) is 11.9. The average Bonchev–Trinajstić information content (AvgIpc) is 2.77. The molecule has 1 aromatic heterocycles. The van der Waals surface area contributed by atoms with E-state index in [0.29, 0.717) is 16.6 Å². The van der Waals surface area contributed by atoms with Crippen LogP contribution in [0.1, 0.15) is 30.7 Å². The van der Waals surface area contributed by atoms with Gasteiger partial charge in [-0.25, -0.2) is 8.78 Å². The molecule has 0 aliphatic rings. The van der Waals surface area contributed by atoms with E-state index >= 15 is 0 Å². The van der Waals surface area contributed by atoms with E-state index in [2.05, 4.69) is 18.7 Å². The maximum atomic E-state index is 14.1. The van der Waals surface area contributed by atoms with Gasteiger partial charge in [0.25, 0.3) is 0 Å². The van der Waals surface area contributed by atoms with Crippen LogP contribution < -0.4 is 40.1 Å². The van der Waals surface area contributed by atoms with Gasteiger partial charge in [-0.2, -0.15) is 0 Å². The molecule has 0 unspecified atom stereocenters. The van der Waals surface area contributed by atoms with Crippen LogP contribution in [-0.2, 0) is 30.6 Å². The van der Waals surface area contributed by atoms with E-state index in [1.165, 1.54) is 22.8 Å². The molecule has 0 saturated carbocycles. The molecule has 0 aliphatic carbocycles. The summed E-state index contributed by atoms with van der Waals surface area (Å²) in [6.07, 6.45) is 1.07. The van der Waals surface area contributed by atoms with Gasteiger partial charge in [0.05, 0.1) is 18.0 Å². The standard InChI is InChI=1S/C25H28F2N2O3.Na/c1-3-28(4-2)13-12-17-8-11-20-22(14-17)29(16-24(31)32)19(15-23(20)30)10-9-18-6-5-7-21(26)25(18)27;/h5-8,11,14-15H,3-4,9-10,12-13,16H2,1-2H3,(H,31,32);/q;+1/p-1. The third-order valence-corrected chi connectivity index (χ3v) is 5.84. The van der Waals surface area contributed by atoms with Crippen LogP contribution in [0.2, 0.25) is 0 Å². The summed E-state index contributed by atoms with van der Waals surface area (Å²) < 4.78 is 29.1. The zero-order valence-electron chi connectivity index (χ0n) is 19.4. The van der Waals surface area contributed by atoms with Gasteiger partial charge in [0, 0.05) is 23.7 Å². The van der Waals surface area contributed by atoms with Gasteiger partial charge in [-0.05, 0) is 61.7 Å². The summed E-state index contributed by atoms with van der Waals surface area (Å²) in [4.78, 5) is 26.5. The Balaban J connectivity index is 0.00000385. The summed E-state index contributed by atoms with van der Waals surface area (Å²) in [6, 6.07) is 10.8. The molecule has 3 rings (SSSR count). The van der Waals surface area contributed by atoms with Gasteiger partial charge in [0.1, 0.15) is 0 Å². The zero-order valence-corrected chi connectivity index (χ0v) is 21.4. The number of carbonyl (C=O) groups is 1. The number of carbonyl (C=O) groups excluding carboxylic acids is 1. The molecule has 1 heterocycles. The quantitative estimate of drug-likeness (QED) is 0.387. The van der Waals surface area contributed by atoms with Crippen molar-refractivity contribution in [3.8, 4) is 0 Å². The molecule has 0 bridgehead atoms. The minimum Gasteiger partial charge on any atom is -0.548 e. The van der Waals surface area contributed by atoms with E-state index in [1.54, 1.807) is 6.07 Å². The number of fused-ring (bicyclic) bond motifs is 1. The largest absolute Gasteiger partial charge is 1.00 e. The molecule has 0 amide bonds. The maximum Gasteiger partial charge on any atom is 1.00 e. The molecule has 33 heavy (non-hydrogen) atoms. The Morgan fingerprint density at radius 1 is 1.03 bits per heavy atom. The Labute approximate surface area is 214 Å². The Kier molecular flexibility index (Phi) is 10.2. The number of likely N-dealkylation sites (N-methyl/N-ethyl adjacent to an activating group) is 1. The Hall–Kier alpha value is -2.06. The van der Waals surface area contributed by atoms with Crippen LogP contribution >= 0.6 is 0 Å². The molecule has 8 heteroatoms. The first-order chi connectivity index (χ1) is 15.3. The van der Waals surface area contributed by atoms with Crippen LogP contribution in [0, 0.1) is 11.6 Å². The van der Waals surface area contributed by atoms with Gasteiger partial charge < -0.3 is 19.4 Å². The average molecular weight is 464 g/mol. The number of aromatic nitrogens is 1. The molecule has 5 nitrogen and oxygen atoms in total. The molecule has 2 aromatic carbocycles. The number of halogens is 2. The molecule has 3 aromatic rings. The van der Waals surface area contributed by atoms with E-state index in [0.717, 1.165) is 37.7 Å². The summed E-state index contributed by atoms with van der Waals surface area (Å²) in [6.45, 7) is 6.46. The third-order valence-electron chi connectivity index (χ3n) is 5.84. The number of benzene rings is 2. The van der Waals surface area contributed by atoms with Crippen LogP contribution in [0.3, 0.4) is 0 Å². The van der Waals surface area contributed by atoms with Crippen molar-refractivity contribution in [1.29, 1.82) is 0 Å². The molecular weight excluding hydrogens is 437 g/mol. The summed E-state index contributed by atoms with van der Waals surface area (Å²) >= 11 is 0. The van der Waals surface area contributed by atoms with Crippen molar-refractivity contribution in [3.63, 3.8) is 0 Å². The minimum atomic E-state index is -1.29. The molecule has 0 atom stereocenters. The summed E-state index contributed by atoms with van der Waals surface area (Å²) in [7, 11) is 0. The first-order valence-electron chi connectivity index (χ1n) is 10.8. The van der Waals surface area contributed by atoms with E-state index in [-0.39, 0.29) is 53.4 Å². The fourth-order valence-electron chi connectivity index (χ4n) is 3.98. The molecule has 0 saturated heterocycles. The van der Waals surface area contributed by atoms with Crippen LogP contribution in [0.4, 0.5) is 8.78 Å². The van der Waals surface area contributed by atoms with E-state index < -0.39 is 24.1 Å². The number of aliphatic carboxylic acids is 1. The number of carboxylic acids is 1. The minimum absolute atomic E-state index is 0. The second-order valence-electron chi connectivity index (χ2n) is 7.80. The van der Waals surface area contributed by atoms with Gasteiger partial charge >= 0.3 is 29.6 Å². The van der Waals surface area contributed by atoms with Crippen LogP contribution in [0.15, 0.2) is 47.3 Å². The number of pyridine rings is 1. The number of aryl methyl sites for hydroxylation is 2. The monoisotopic (exact) mass is 464 g/mol. The van der Waals surface area contributed by atoms with Crippen molar-refractivity contribution in [2.75, 3.05) is 19.6 Å².